The summed E-state index contributed by atoms with van der Waals surface area (Å²) in [6.45, 7) is 9.85. The van der Waals surface area contributed by atoms with E-state index < -0.39 is 26.0 Å². The fourth-order valence-electron chi connectivity index (χ4n) is 2.39. The third-order valence-corrected chi connectivity index (χ3v) is 9.77. The monoisotopic (exact) mass is 364 g/mol. The van der Waals surface area contributed by atoms with Gasteiger partial charge < -0.3 is 9.16 Å². The van der Waals surface area contributed by atoms with Crippen molar-refractivity contribution in [2.75, 3.05) is 6.61 Å². The molecule has 1 saturated carbocycles. The maximum Gasteiger partial charge on any atom is 0.397 e. The first-order valence-electron chi connectivity index (χ1n) is 8.15. The number of ether oxygens (including phenoxy) is 1. The van der Waals surface area contributed by atoms with Crippen LogP contribution in [0.2, 0.25) is 18.1 Å². The predicted molar refractivity (Wildman–Crippen MR) is 88.5 cm³/mol. The van der Waals surface area contributed by atoms with Gasteiger partial charge in [0.05, 0.1) is 11.5 Å². The van der Waals surface area contributed by atoms with Crippen LogP contribution in [0.15, 0.2) is 12.3 Å². The lowest BCUT2D eigenvalue weighted by Crippen LogP contribution is -2.51. The zero-order valence-electron chi connectivity index (χ0n) is 15.2. The summed E-state index contributed by atoms with van der Waals surface area (Å²) in [7, 11) is -0.624. The van der Waals surface area contributed by atoms with Crippen LogP contribution in [-0.4, -0.2) is 37.0 Å². The molecule has 24 heavy (non-hydrogen) atoms. The summed E-state index contributed by atoms with van der Waals surface area (Å²) >= 11 is 0. The quantitative estimate of drug-likeness (QED) is 0.696. The Morgan fingerprint density at radius 1 is 1.29 bits per heavy atom. The van der Waals surface area contributed by atoms with Crippen molar-refractivity contribution in [3.63, 3.8) is 0 Å². The van der Waals surface area contributed by atoms with Crippen molar-refractivity contribution in [3.05, 3.63) is 12.3 Å². The largest absolute Gasteiger partial charge is 0.474 e. The Kier molecular flexibility index (Phi) is 4.87. The molecule has 4 nitrogen and oxygen atoms in total. The van der Waals surface area contributed by atoms with E-state index in [1.165, 1.54) is 0 Å². The summed E-state index contributed by atoms with van der Waals surface area (Å²) in [4.78, 5) is 0. The van der Waals surface area contributed by atoms with Crippen LogP contribution in [0.1, 0.15) is 33.6 Å². The van der Waals surface area contributed by atoms with Crippen molar-refractivity contribution in [1.82, 2.24) is 9.78 Å². The van der Waals surface area contributed by atoms with E-state index in [1.54, 1.807) is 24.0 Å². The molecule has 1 aliphatic rings. The standard InChI is InChI=1S/C16H27F3N2O2Si/c1-14(2,3)24(5,6)23-12(15(8-9-15)16(17,18)19)11-22-13-7-10-21(4)20-13/h7,10,12H,8-9,11H2,1-6H3. The number of rotatable bonds is 6. The van der Waals surface area contributed by atoms with Gasteiger partial charge in [0.25, 0.3) is 0 Å². The highest BCUT2D eigenvalue weighted by molar-refractivity contribution is 6.74. The Bertz CT molecular complexity index is 575. The van der Waals surface area contributed by atoms with Gasteiger partial charge in [-0.05, 0) is 31.0 Å². The molecule has 1 aliphatic carbocycles. The minimum atomic E-state index is -4.28. The molecule has 0 spiro atoms. The first-order chi connectivity index (χ1) is 10.8. The van der Waals surface area contributed by atoms with Crippen LogP contribution in [0.3, 0.4) is 0 Å². The molecule has 1 aromatic rings. The average Bonchev–Trinajstić information content (AvgIpc) is 3.11. The molecule has 0 aliphatic heterocycles. The van der Waals surface area contributed by atoms with Crippen molar-refractivity contribution in [2.24, 2.45) is 12.5 Å². The fourth-order valence-corrected chi connectivity index (χ4v) is 3.75. The van der Waals surface area contributed by atoms with Crippen molar-refractivity contribution in [1.29, 1.82) is 0 Å². The average molecular weight is 364 g/mol. The number of hydrogen-bond acceptors (Lipinski definition) is 3. The lowest BCUT2D eigenvalue weighted by Gasteiger charge is -2.41. The van der Waals surface area contributed by atoms with Gasteiger partial charge in [0, 0.05) is 19.3 Å². The number of aromatic nitrogens is 2. The lowest BCUT2D eigenvalue weighted by molar-refractivity contribution is -0.215. The Balaban J connectivity index is 2.19. The normalized spacial score (nSPS) is 19.2. The third-order valence-electron chi connectivity index (χ3n) is 5.28. The van der Waals surface area contributed by atoms with Crippen LogP contribution in [0, 0.1) is 5.41 Å². The first kappa shape index (κ1) is 19.3. The van der Waals surface area contributed by atoms with Gasteiger partial charge in [-0.2, -0.15) is 13.2 Å². The lowest BCUT2D eigenvalue weighted by atomic mass is 9.99. The summed E-state index contributed by atoms with van der Waals surface area (Å²) in [5.74, 6) is 0.319. The second-order valence-corrected chi connectivity index (χ2v) is 12.9. The predicted octanol–water partition coefficient (Wildman–Crippen LogP) is 4.53. The molecule has 1 atom stereocenters. The number of alkyl halides is 3. The second-order valence-electron chi connectivity index (χ2n) is 8.16. The number of halogens is 3. The van der Waals surface area contributed by atoms with E-state index in [0.717, 1.165) is 0 Å². The summed E-state index contributed by atoms with van der Waals surface area (Å²) in [6.07, 6.45) is -3.40. The van der Waals surface area contributed by atoms with Gasteiger partial charge in [0.15, 0.2) is 8.32 Å². The first-order valence-corrected chi connectivity index (χ1v) is 11.1. The molecule has 0 amide bonds. The van der Waals surface area contributed by atoms with E-state index in [0.29, 0.717) is 5.88 Å². The summed E-state index contributed by atoms with van der Waals surface area (Å²) in [6, 6.07) is 1.64. The Labute approximate surface area is 142 Å². The molecular weight excluding hydrogens is 337 g/mol. The van der Waals surface area contributed by atoms with E-state index in [1.807, 2.05) is 33.9 Å². The van der Waals surface area contributed by atoms with Crippen LogP contribution in [0.5, 0.6) is 5.88 Å². The second kappa shape index (κ2) is 6.05. The van der Waals surface area contributed by atoms with Gasteiger partial charge in [-0.25, -0.2) is 0 Å². The molecule has 8 heteroatoms. The van der Waals surface area contributed by atoms with E-state index in [-0.39, 0.29) is 24.5 Å². The SMILES string of the molecule is Cn1ccc(OCC(O[Si](C)(C)C(C)(C)C)C2(C(F)(F)F)CC2)n1. The van der Waals surface area contributed by atoms with Gasteiger partial charge in [-0.3, -0.25) is 4.68 Å². The third kappa shape index (κ3) is 3.79. The zero-order chi connectivity index (χ0) is 18.4. The van der Waals surface area contributed by atoms with Crippen LogP contribution in [0.25, 0.3) is 0 Å². The highest BCUT2D eigenvalue weighted by atomic mass is 28.4. The maximum absolute atomic E-state index is 13.6. The molecule has 1 unspecified atom stereocenters. The topological polar surface area (TPSA) is 36.3 Å². The zero-order valence-corrected chi connectivity index (χ0v) is 16.2. The van der Waals surface area contributed by atoms with E-state index in [2.05, 4.69) is 5.10 Å². The van der Waals surface area contributed by atoms with Gasteiger partial charge >= 0.3 is 6.18 Å². The van der Waals surface area contributed by atoms with Gasteiger partial charge in [0.1, 0.15) is 6.61 Å². The van der Waals surface area contributed by atoms with Gasteiger partial charge in [-0.15, -0.1) is 5.10 Å². The molecule has 1 fully saturated rings. The molecule has 0 bridgehead atoms. The van der Waals surface area contributed by atoms with Crippen molar-refractivity contribution >= 4 is 8.32 Å². The molecule has 0 aromatic carbocycles. The minimum absolute atomic E-state index is 0.0986. The highest BCUT2D eigenvalue weighted by Crippen LogP contribution is 2.61. The molecular formula is C16H27F3N2O2Si. The number of hydrogen-bond donors (Lipinski definition) is 0. The summed E-state index contributed by atoms with van der Waals surface area (Å²) < 4.78 is 54.1. The molecule has 0 radical (unpaired) electrons. The van der Waals surface area contributed by atoms with Crippen molar-refractivity contribution < 1.29 is 22.3 Å². The molecule has 0 N–H and O–H groups in total. The van der Waals surface area contributed by atoms with E-state index >= 15 is 0 Å². The Hall–Kier alpha value is -1.02. The summed E-state index contributed by atoms with van der Waals surface area (Å²) in [5, 5.41) is 3.89. The van der Waals surface area contributed by atoms with Crippen LogP contribution < -0.4 is 4.74 Å². The van der Waals surface area contributed by atoms with Crippen LogP contribution in [-0.2, 0) is 11.5 Å². The van der Waals surface area contributed by atoms with E-state index in [4.69, 9.17) is 9.16 Å². The molecule has 138 valence electrons. The van der Waals surface area contributed by atoms with Crippen molar-refractivity contribution in [3.8, 4) is 5.88 Å². The van der Waals surface area contributed by atoms with Crippen LogP contribution >= 0.6 is 0 Å². The Morgan fingerprint density at radius 3 is 2.25 bits per heavy atom. The smallest absolute Gasteiger partial charge is 0.397 e. The molecule has 2 rings (SSSR count). The minimum Gasteiger partial charge on any atom is -0.474 e. The van der Waals surface area contributed by atoms with Gasteiger partial charge in [-0.1, -0.05) is 20.8 Å². The maximum atomic E-state index is 13.6. The number of nitrogens with zero attached hydrogens (tertiary/aromatic N) is 2. The fraction of sp³-hybridized carbons (Fsp3) is 0.812. The Morgan fingerprint density at radius 2 is 1.88 bits per heavy atom. The molecule has 1 heterocycles. The van der Waals surface area contributed by atoms with Crippen molar-refractivity contribution in [2.45, 2.75) is 64.0 Å². The molecule has 1 aromatic heterocycles. The summed E-state index contributed by atoms with van der Waals surface area (Å²) in [5.41, 5.74) is -1.78. The van der Waals surface area contributed by atoms with Crippen LogP contribution in [0.4, 0.5) is 13.2 Å². The molecule has 0 saturated heterocycles. The highest BCUT2D eigenvalue weighted by Gasteiger charge is 2.68. The van der Waals surface area contributed by atoms with Gasteiger partial charge in [0.2, 0.25) is 5.88 Å². The van der Waals surface area contributed by atoms with E-state index in [9.17, 15) is 13.2 Å². The number of aryl methyl sites for hydroxylation is 1.